The number of anilines is 2. The van der Waals surface area contributed by atoms with Crippen LogP contribution in [-0.4, -0.2) is 18.9 Å². The maximum atomic E-state index is 13.6. The van der Waals surface area contributed by atoms with Gasteiger partial charge in [0.15, 0.2) is 0 Å². The van der Waals surface area contributed by atoms with Gasteiger partial charge in [-0.2, -0.15) is 0 Å². The van der Waals surface area contributed by atoms with Crippen LogP contribution < -0.4 is 15.0 Å². The number of para-hydroxylation sites is 1. The molecule has 33 heavy (non-hydrogen) atoms. The monoisotopic (exact) mass is 442 g/mol. The summed E-state index contributed by atoms with van der Waals surface area (Å²) in [5.41, 5.74) is 5.68. The fourth-order valence-electron chi connectivity index (χ4n) is 4.73. The number of hydrogen-bond donors (Lipinski definition) is 1. The number of hydrogen-bond acceptors (Lipinski definition) is 3. The first-order chi connectivity index (χ1) is 15.9. The average Bonchev–Trinajstić information content (AvgIpc) is 2.78. The zero-order valence-electron chi connectivity index (χ0n) is 19.6. The van der Waals surface area contributed by atoms with Crippen LogP contribution in [0.4, 0.5) is 11.4 Å². The second-order valence-corrected chi connectivity index (χ2v) is 8.80. The zero-order chi connectivity index (χ0) is 23.5. The summed E-state index contributed by atoms with van der Waals surface area (Å²) in [7, 11) is 1.62. The highest BCUT2D eigenvalue weighted by Crippen LogP contribution is 2.43. The van der Waals surface area contributed by atoms with Crippen LogP contribution in [0.3, 0.4) is 0 Å². The van der Waals surface area contributed by atoms with Gasteiger partial charge in [-0.3, -0.25) is 9.59 Å². The molecule has 3 aromatic rings. The van der Waals surface area contributed by atoms with Gasteiger partial charge in [0.25, 0.3) is 0 Å². The number of carbonyl (C=O) groups excluding carboxylic acids is 2. The molecule has 0 unspecified atom stereocenters. The quantitative estimate of drug-likeness (QED) is 0.548. The topological polar surface area (TPSA) is 58.6 Å². The summed E-state index contributed by atoms with van der Waals surface area (Å²) in [6.07, 6.45) is 0.783. The molecule has 1 aliphatic rings. The van der Waals surface area contributed by atoms with Crippen molar-refractivity contribution in [3.05, 3.63) is 89.0 Å². The van der Waals surface area contributed by atoms with E-state index in [1.54, 1.807) is 12.0 Å². The minimum Gasteiger partial charge on any atom is -0.496 e. The van der Waals surface area contributed by atoms with E-state index in [4.69, 9.17) is 4.74 Å². The van der Waals surface area contributed by atoms with E-state index in [1.165, 1.54) is 0 Å². The van der Waals surface area contributed by atoms with Gasteiger partial charge in [-0.05, 0) is 68.7 Å². The van der Waals surface area contributed by atoms with Gasteiger partial charge in [0, 0.05) is 23.4 Å². The number of nitrogens with zero attached hydrogens (tertiary/aromatic N) is 1. The lowest BCUT2D eigenvalue weighted by Gasteiger charge is -2.41. The number of amides is 2. The van der Waals surface area contributed by atoms with Gasteiger partial charge < -0.3 is 15.0 Å². The van der Waals surface area contributed by atoms with Gasteiger partial charge in [-0.15, -0.1) is 0 Å². The van der Waals surface area contributed by atoms with Crippen molar-refractivity contribution in [2.24, 2.45) is 5.92 Å². The van der Waals surface area contributed by atoms with Crippen molar-refractivity contribution in [2.75, 3.05) is 17.3 Å². The standard InChI is InChI=1S/C28H30N2O3/c1-18-9-11-22(12-10-18)30-26(31)14-13-24(27(30)23-7-5-6-8-25(23)33-4)28(32)29-21-16-19(2)15-20(3)17-21/h5-12,15-17,24,27H,13-14H2,1-4H3,(H,29,32)/t24-,27-/m1/s1. The Morgan fingerprint density at radius 3 is 2.27 bits per heavy atom. The summed E-state index contributed by atoms with van der Waals surface area (Å²) < 4.78 is 5.65. The second kappa shape index (κ2) is 9.49. The van der Waals surface area contributed by atoms with Crippen LogP contribution in [0, 0.1) is 26.7 Å². The summed E-state index contributed by atoms with van der Waals surface area (Å²) in [6, 6.07) is 21.0. The maximum absolute atomic E-state index is 13.6. The lowest BCUT2D eigenvalue weighted by molar-refractivity contribution is -0.125. The molecule has 170 valence electrons. The lowest BCUT2D eigenvalue weighted by Crippen LogP contribution is -2.47. The Hall–Kier alpha value is -3.60. The van der Waals surface area contributed by atoms with Gasteiger partial charge in [0.2, 0.25) is 11.8 Å². The molecule has 0 radical (unpaired) electrons. The Morgan fingerprint density at radius 1 is 0.939 bits per heavy atom. The number of methoxy groups -OCH3 is 1. The Kier molecular flexibility index (Phi) is 6.50. The normalized spacial score (nSPS) is 18.2. The SMILES string of the molecule is COc1ccccc1[C@@H]1[C@H](C(=O)Nc2cc(C)cc(C)c2)CCC(=O)N1c1ccc(C)cc1. The van der Waals surface area contributed by atoms with E-state index in [0.717, 1.165) is 33.6 Å². The minimum atomic E-state index is -0.476. The van der Waals surface area contributed by atoms with Crippen LogP contribution in [0.15, 0.2) is 66.7 Å². The van der Waals surface area contributed by atoms with Crippen LogP contribution >= 0.6 is 0 Å². The lowest BCUT2D eigenvalue weighted by atomic mass is 9.82. The summed E-state index contributed by atoms with van der Waals surface area (Å²) in [5, 5.41) is 3.11. The largest absolute Gasteiger partial charge is 0.496 e. The van der Waals surface area contributed by atoms with Crippen molar-refractivity contribution < 1.29 is 14.3 Å². The Bertz CT molecular complexity index is 1150. The number of nitrogens with one attached hydrogen (secondary N) is 1. The molecule has 1 heterocycles. The van der Waals surface area contributed by atoms with Crippen molar-refractivity contribution in [3.8, 4) is 5.75 Å². The predicted octanol–water partition coefficient (Wildman–Crippen LogP) is 5.74. The number of carbonyl (C=O) groups is 2. The first kappa shape index (κ1) is 22.6. The van der Waals surface area contributed by atoms with Gasteiger partial charge in [-0.25, -0.2) is 0 Å². The van der Waals surface area contributed by atoms with Crippen LogP contribution in [0.25, 0.3) is 0 Å². The van der Waals surface area contributed by atoms with E-state index < -0.39 is 12.0 Å². The molecule has 3 aromatic carbocycles. The van der Waals surface area contributed by atoms with Gasteiger partial charge >= 0.3 is 0 Å². The second-order valence-electron chi connectivity index (χ2n) is 8.80. The van der Waals surface area contributed by atoms with Gasteiger partial charge in [0.05, 0.1) is 19.1 Å². The number of rotatable bonds is 5. The van der Waals surface area contributed by atoms with E-state index in [2.05, 4.69) is 11.4 Å². The van der Waals surface area contributed by atoms with Crippen molar-refractivity contribution in [1.29, 1.82) is 0 Å². The molecule has 2 amide bonds. The first-order valence-electron chi connectivity index (χ1n) is 11.3. The van der Waals surface area contributed by atoms with E-state index in [-0.39, 0.29) is 11.8 Å². The van der Waals surface area contributed by atoms with E-state index in [9.17, 15) is 9.59 Å². The molecule has 1 N–H and O–H groups in total. The first-order valence-corrected chi connectivity index (χ1v) is 11.3. The van der Waals surface area contributed by atoms with E-state index in [1.807, 2.05) is 81.4 Å². The Labute approximate surface area is 195 Å². The molecule has 5 heteroatoms. The van der Waals surface area contributed by atoms with Crippen LogP contribution in [0.1, 0.15) is 41.1 Å². The number of aryl methyl sites for hydroxylation is 3. The zero-order valence-corrected chi connectivity index (χ0v) is 19.6. The molecule has 0 saturated carbocycles. The van der Waals surface area contributed by atoms with Gasteiger partial charge in [0.1, 0.15) is 5.75 Å². The highest BCUT2D eigenvalue weighted by atomic mass is 16.5. The van der Waals surface area contributed by atoms with E-state index >= 15 is 0 Å². The summed E-state index contributed by atoms with van der Waals surface area (Å²) in [5.74, 6) is 0.144. The smallest absolute Gasteiger partial charge is 0.229 e. The molecule has 0 spiro atoms. The molecule has 1 aliphatic heterocycles. The molecular formula is C28H30N2O3. The number of piperidine rings is 1. The minimum absolute atomic E-state index is 0.00482. The average molecular weight is 443 g/mol. The fourth-order valence-corrected chi connectivity index (χ4v) is 4.73. The molecule has 5 nitrogen and oxygen atoms in total. The van der Waals surface area contributed by atoms with Crippen LogP contribution in [0.5, 0.6) is 5.75 Å². The van der Waals surface area contributed by atoms with Crippen molar-refractivity contribution in [2.45, 2.75) is 39.7 Å². The van der Waals surface area contributed by atoms with E-state index in [0.29, 0.717) is 18.6 Å². The number of benzene rings is 3. The van der Waals surface area contributed by atoms with Crippen LogP contribution in [-0.2, 0) is 9.59 Å². The third-order valence-electron chi connectivity index (χ3n) is 6.19. The summed E-state index contributed by atoms with van der Waals surface area (Å²) in [6.45, 7) is 6.04. The molecular weight excluding hydrogens is 412 g/mol. The molecule has 0 bridgehead atoms. The third-order valence-corrected chi connectivity index (χ3v) is 6.19. The Balaban J connectivity index is 1.78. The number of ether oxygens (including phenoxy) is 1. The molecule has 2 atom stereocenters. The highest BCUT2D eigenvalue weighted by Gasteiger charge is 2.42. The summed E-state index contributed by atoms with van der Waals surface area (Å²) >= 11 is 0. The maximum Gasteiger partial charge on any atom is 0.229 e. The summed E-state index contributed by atoms with van der Waals surface area (Å²) in [4.78, 5) is 28.6. The highest BCUT2D eigenvalue weighted by molar-refractivity contribution is 6.00. The Morgan fingerprint density at radius 2 is 1.61 bits per heavy atom. The third kappa shape index (κ3) is 4.77. The molecule has 0 aromatic heterocycles. The van der Waals surface area contributed by atoms with Gasteiger partial charge in [-0.1, -0.05) is 42.0 Å². The predicted molar refractivity (Wildman–Crippen MR) is 132 cm³/mol. The molecule has 0 aliphatic carbocycles. The fraction of sp³-hybridized carbons (Fsp3) is 0.286. The van der Waals surface area contributed by atoms with Crippen molar-refractivity contribution in [3.63, 3.8) is 0 Å². The molecule has 1 saturated heterocycles. The molecule has 1 fully saturated rings. The van der Waals surface area contributed by atoms with Crippen LogP contribution in [0.2, 0.25) is 0 Å². The molecule has 4 rings (SSSR count). The van der Waals surface area contributed by atoms with Crippen molar-refractivity contribution >= 4 is 23.2 Å². The van der Waals surface area contributed by atoms with Crippen molar-refractivity contribution in [1.82, 2.24) is 0 Å².